The van der Waals surface area contributed by atoms with Crippen molar-refractivity contribution in [1.29, 1.82) is 15.8 Å². The molecular formula is C84H80N14O8. The number of carbonyl (C=O) groups excluding carboxylic acids is 1. The van der Waals surface area contributed by atoms with E-state index in [9.17, 15) is 25.7 Å². The second-order valence-electron chi connectivity index (χ2n) is 26.8. The van der Waals surface area contributed by atoms with E-state index in [4.69, 9.17) is 34.2 Å². The van der Waals surface area contributed by atoms with Gasteiger partial charge in [0.25, 0.3) is 5.91 Å². The van der Waals surface area contributed by atoms with E-state index < -0.39 is 6.10 Å². The summed E-state index contributed by atoms with van der Waals surface area (Å²) in [6, 6.07) is 61.9. The molecule has 0 radical (unpaired) electrons. The molecule has 6 N–H and O–H groups in total. The zero-order valence-electron chi connectivity index (χ0n) is 58.8. The number of amides is 1. The normalized spacial score (nSPS) is 16.5. The number of aromatic nitrogens is 6. The van der Waals surface area contributed by atoms with Gasteiger partial charge in [0.15, 0.2) is 5.75 Å². The fourth-order valence-electron chi connectivity index (χ4n) is 14.3. The molecule has 0 bridgehead atoms. The maximum atomic E-state index is 12.1. The summed E-state index contributed by atoms with van der Waals surface area (Å²) in [6.07, 6.45) is 6.30. The summed E-state index contributed by atoms with van der Waals surface area (Å²) in [4.78, 5) is 44.8. The van der Waals surface area contributed by atoms with Crippen LogP contribution in [0.5, 0.6) is 11.5 Å². The third-order valence-electron chi connectivity index (χ3n) is 20.1. The number of morpholine rings is 3. The number of hydrogen-bond donors (Lipinski definition) is 5. The molecule has 2 atom stereocenters. The first kappa shape index (κ1) is 69.6. The molecule has 106 heavy (non-hydrogen) atoms. The molecule has 0 aliphatic carbocycles. The van der Waals surface area contributed by atoms with Gasteiger partial charge in [0, 0.05) is 145 Å². The summed E-state index contributed by atoms with van der Waals surface area (Å²) in [5, 5.41) is 41.7. The fraction of sp³-hybridized carbons (Fsp3) is 0.274. The maximum absolute atomic E-state index is 12.1. The Hall–Kier alpha value is -12.1. The van der Waals surface area contributed by atoms with Crippen LogP contribution in [0.15, 0.2) is 182 Å². The lowest BCUT2D eigenvalue weighted by Gasteiger charge is -2.28. The number of H-pyrrole nitrogens is 3. The number of carbonyl (C=O) groups is 1. The minimum absolute atomic E-state index is 0.0491. The largest absolute Gasteiger partial charge is 0.487 e. The average molecular weight is 1410 g/mol. The molecule has 6 aromatic carbocycles. The minimum Gasteiger partial charge on any atom is -0.487 e. The fourth-order valence-corrected chi connectivity index (χ4v) is 14.3. The number of nitrogens with zero attached hydrogens (tertiary/aromatic N) is 10. The van der Waals surface area contributed by atoms with Crippen LogP contribution in [-0.2, 0) is 23.7 Å². The third-order valence-corrected chi connectivity index (χ3v) is 20.1. The number of aliphatic hydroxyl groups is 1. The highest BCUT2D eigenvalue weighted by molar-refractivity contribution is 6.00. The van der Waals surface area contributed by atoms with Gasteiger partial charge in [0.2, 0.25) is 0 Å². The Kier molecular flexibility index (Phi) is 21.0. The van der Waals surface area contributed by atoms with E-state index in [0.29, 0.717) is 72.3 Å². The smallest absolute Gasteiger partial charge is 0.251 e. The highest BCUT2D eigenvalue weighted by Crippen LogP contribution is 2.39. The van der Waals surface area contributed by atoms with Crippen LogP contribution < -0.4 is 29.9 Å². The van der Waals surface area contributed by atoms with Crippen LogP contribution in [0.1, 0.15) is 42.9 Å². The van der Waals surface area contributed by atoms with Crippen molar-refractivity contribution < 1.29 is 38.3 Å². The molecule has 5 aliphatic rings. The molecule has 5 fully saturated rings. The van der Waals surface area contributed by atoms with Crippen LogP contribution in [0.3, 0.4) is 0 Å². The van der Waals surface area contributed by atoms with Gasteiger partial charge in [-0.15, -0.1) is 0 Å². The monoisotopic (exact) mass is 1410 g/mol. The minimum atomic E-state index is -1.03. The molecule has 0 saturated carbocycles. The van der Waals surface area contributed by atoms with E-state index in [1.165, 1.54) is 24.0 Å². The number of nitrogen functional groups attached to an aromatic ring is 1. The molecule has 5 aliphatic heterocycles. The molecule has 22 nitrogen and oxygen atoms in total. The van der Waals surface area contributed by atoms with Crippen molar-refractivity contribution in [3.8, 4) is 97.0 Å². The molecule has 6 aromatic heterocycles. The van der Waals surface area contributed by atoms with Crippen molar-refractivity contribution in [2.75, 3.05) is 126 Å². The van der Waals surface area contributed by atoms with E-state index in [0.717, 1.165) is 186 Å². The van der Waals surface area contributed by atoms with E-state index in [1.54, 1.807) is 35.6 Å². The SMILES string of the molecule is CC(O)C(=O)N1CC[C@@H](Oc2ccc(-c3cccc4[nH]c(-c5ccc(N6CCOCC6)cc5)cc34)cc2C#N)C1.N#Cc1cc(-c2ccnc3[nH]c(-c4ccc(N5CCOCC5)cc4)cc23)ccc1N.N#Cc1cc(-c2ccnc3[nH]c(-c4ccc(N5CCOCC5)cc4)cc23)ncc1OC1CCOCC1. The Morgan fingerprint density at radius 3 is 1.50 bits per heavy atom. The van der Waals surface area contributed by atoms with Gasteiger partial charge >= 0.3 is 0 Å². The topological polar surface area (TPSA) is 289 Å². The van der Waals surface area contributed by atoms with Crippen LogP contribution >= 0.6 is 0 Å². The summed E-state index contributed by atoms with van der Waals surface area (Å²) in [6.45, 7) is 13.8. The molecule has 12 aromatic rings. The first-order valence-electron chi connectivity index (χ1n) is 36.0. The lowest BCUT2D eigenvalue weighted by atomic mass is 9.99. The molecule has 17 rings (SSSR count). The van der Waals surface area contributed by atoms with E-state index >= 15 is 0 Å². The van der Waals surface area contributed by atoms with Gasteiger partial charge in [-0.1, -0.05) is 60.7 Å². The summed E-state index contributed by atoms with van der Waals surface area (Å²) < 4.78 is 34.0. The number of fused-ring (bicyclic) bond motifs is 3. The number of anilines is 4. The lowest BCUT2D eigenvalue weighted by molar-refractivity contribution is -0.138. The van der Waals surface area contributed by atoms with Gasteiger partial charge in [-0.25, -0.2) is 9.97 Å². The highest BCUT2D eigenvalue weighted by atomic mass is 16.5. The number of nitriles is 3. The van der Waals surface area contributed by atoms with Crippen LogP contribution in [0.25, 0.3) is 100 Å². The van der Waals surface area contributed by atoms with Crippen molar-refractivity contribution in [3.63, 3.8) is 0 Å². The molecule has 22 heteroatoms. The number of ether oxygens (including phenoxy) is 6. The molecule has 0 spiro atoms. The van der Waals surface area contributed by atoms with Gasteiger partial charge in [-0.2, -0.15) is 15.8 Å². The molecule has 11 heterocycles. The number of rotatable bonds is 14. The Morgan fingerprint density at radius 2 is 0.953 bits per heavy atom. The number of aromatic amines is 3. The van der Waals surface area contributed by atoms with E-state index in [-0.39, 0.29) is 18.1 Å². The van der Waals surface area contributed by atoms with Crippen molar-refractivity contribution in [1.82, 2.24) is 34.8 Å². The van der Waals surface area contributed by atoms with Crippen LogP contribution in [0.4, 0.5) is 22.7 Å². The Balaban J connectivity index is 0.000000129. The molecular weight excluding hydrogens is 1330 g/mol. The summed E-state index contributed by atoms with van der Waals surface area (Å²) in [5.41, 5.74) is 25.9. The first-order chi connectivity index (χ1) is 52.0. The van der Waals surface area contributed by atoms with Crippen molar-refractivity contribution in [2.24, 2.45) is 0 Å². The van der Waals surface area contributed by atoms with E-state index in [1.807, 2.05) is 48.5 Å². The van der Waals surface area contributed by atoms with Gasteiger partial charge in [-0.05, 0) is 149 Å². The third kappa shape index (κ3) is 15.4. The zero-order valence-corrected chi connectivity index (χ0v) is 58.8. The van der Waals surface area contributed by atoms with Gasteiger partial charge < -0.3 is 73.8 Å². The first-order valence-corrected chi connectivity index (χ1v) is 36.0. The van der Waals surface area contributed by atoms with E-state index in [2.05, 4.69) is 166 Å². The number of hydrogen-bond acceptors (Lipinski definition) is 18. The quantitative estimate of drug-likeness (QED) is 0.0632. The standard InChI is InChI=1S/C32H32N4O4.C28H27N5O3.C24H21N5O/c1-21(37)32(38)36-12-11-26(20-36)40-31-10-7-23(17-24(31)19-33)27-3-2-4-29-28(27)18-30(34-29)22-5-8-25(9-6-22)35-13-15-39-16-14-35;29-17-20-15-26(31-18-27(20)36-22-6-11-34-12-7-22)23-5-8-30-28-24(23)16-25(32-28)19-1-3-21(4-2-19)33-9-13-35-14-10-33;25-15-18-13-17(3-6-22(18)26)20-7-8-27-24-21(20)14-23(28-24)16-1-4-19(5-2-16)29-9-11-30-12-10-29/h2-10,17-18,21,26,34,37H,11-16,20H2,1H3;1-5,8,15-16,18,22H,6-7,9-14H2,(H,30,32);1-8,13-14H,9-12,26H2,(H,27,28)/t21?,26-;;/m1../s1. The van der Waals surface area contributed by atoms with Gasteiger partial charge in [0.05, 0.1) is 88.0 Å². The van der Waals surface area contributed by atoms with Crippen LogP contribution in [0.2, 0.25) is 0 Å². The zero-order chi connectivity index (χ0) is 72.5. The van der Waals surface area contributed by atoms with Crippen LogP contribution in [0, 0.1) is 34.0 Å². The lowest BCUT2D eigenvalue weighted by Crippen LogP contribution is -2.37. The Labute approximate surface area is 613 Å². The molecule has 5 saturated heterocycles. The second-order valence-corrected chi connectivity index (χ2v) is 26.8. The highest BCUT2D eigenvalue weighted by Gasteiger charge is 2.31. The summed E-state index contributed by atoms with van der Waals surface area (Å²) >= 11 is 0. The molecule has 534 valence electrons. The van der Waals surface area contributed by atoms with Crippen LogP contribution in [-0.4, -0.2) is 169 Å². The summed E-state index contributed by atoms with van der Waals surface area (Å²) in [5.74, 6) is 0.729. The second kappa shape index (κ2) is 31.9. The number of likely N-dealkylation sites (tertiary alicyclic amines) is 1. The molecule has 1 unspecified atom stereocenters. The Bertz CT molecular complexity index is 5240. The van der Waals surface area contributed by atoms with Crippen molar-refractivity contribution in [2.45, 2.75) is 44.5 Å². The van der Waals surface area contributed by atoms with Gasteiger partial charge in [-0.3, -0.25) is 9.78 Å². The number of benzene rings is 6. The summed E-state index contributed by atoms with van der Waals surface area (Å²) in [7, 11) is 0. The number of nitrogens with one attached hydrogen (secondary N) is 3. The Morgan fingerprint density at radius 1 is 0.491 bits per heavy atom. The predicted molar refractivity (Wildman–Crippen MR) is 410 cm³/mol. The average Bonchev–Trinajstić information content (AvgIpc) is 1.58. The molecule has 1 amide bonds. The van der Waals surface area contributed by atoms with Gasteiger partial charge in [0.1, 0.15) is 53.6 Å². The predicted octanol–water partition coefficient (Wildman–Crippen LogP) is 13.3. The number of pyridine rings is 3. The van der Waals surface area contributed by atoms with Crippen molar-refractivity contribution in [3.05, 3.63) is 199 Å². The van der Waals surface area contributed by atoms with Crippen molar-refractivity contribution >= 4 is 61.6 Å². The number of nitrogens with two attached hydrogens (primary N) is 1. The maximum Gasteiger partial charge on any atom is 0.251 e. The number of aliphatic hydroxyl groups excluding tert-OH is 1.